The third kappa shape index (κ3) is 5.79. The summed E-state index contributed by atoms with van der Waals surface area (Å²) in [5.41, 5.74) is 4.14. The van der Waals surface area contributed by atoms with Gasteiger partial charge in [-0.25, -0.2) is 0 Å². The Hall–Kier alpha value is -3.96. The molecule has 0 fully saturated rings. The van der Waals surface area contributed by atoms with Crippen LogP contribution in [0.5, 0.6) is 5.75 Å². The molecule has 38 heavy (non-hydrogen) atoms. The second-order valence-electron chi connectivity index (χ2n) is 8.40. The van der Waals surface area contributed by atoms with Crippen LogP contribution in [0, 0.1) is 6.92 Å². The first-order chi connectivity index (χ1) is 18.1. The Labute approximate surface area is 224 Å². The highest BCUT2D eigenvalue weighted by Crippen LogP contribution is 2.41. The van der Waals surface area contributed by atoms with Crippen LogP contribution in [0.3, 0.4) is 0 Å². The summed E-state index contributed by atoms with van der Waals surface area (Å²) in [5.74, 6) is 0.917. The average Bonchev–Trinajstić information content (AvgIpc) is 3.10. The molecule has 0 aliphatic rings. The number of aliphatic hydroxyl groups excluding tert-OH is 1. The molecule has 0 saturated heterocycles. The number of aliphatic hydroxyl groups is 1. The molecule has 1 unspecified atom stereocenters. The van der Waals surface area contributed by atoms with Crippen molar-refractivity contribution in [1.29, 1.82) is 0 Å². The molecule has 0 spiro atoms. The molecule has 5 aromatic carbocycles. The molecule has 6 nitrogen and oxygen atoms in total. The quantitative estimate of drug-likeness (QED) is 0.234. The number of nitrogens with one attached hydrogen (secondary N) is 1. The minimum Gasteiger partial charge on any atom is -0.497 e. The first-order valence-electron chi connectivity index (χ1n) is 12.0. The van der Waals surface area contributed by atoms with Crippen molar-refractivity contribution < 1.29 is 25.1 Å². The van der Waals surface area contributed by atoms with E-state index in [2.05, 4.69) is 79.0 Å². The van der Waals surface area contributed by atoms with Gasteiger partial charge >= 0.3 is 0 Å². The third-order valence-electron chi connectivity index (χ3n) is 6.13. The lowest BCUT2D eigenvalue weighted by Crippen LogP contribution is -1.90. The van der Waals surface area contributed by atoms with Crippen LogP contribution >= 0.6 is 8.01 Å². The molecule has 1 heterocycles. The maximum absolute atomic E-state index is 7.00. The van der Waals surface area contributed by atoms with E-state index in [0.29, 0.717) is 0 Å². The lowest BCUT2D eigenvalue weighted by Gasteiger charge is -2.09. The van der Waals surface area contributed by atoms with Gasteiger partial charge in [0.2, 0.25) is 8.01 Å². The van der Waals surface area contributed by atoms with E-state index in [0.717, 1.165) is 51.3 Å². The normalized spacial score (nSPS) is 10.6. The van der Waals surface area contributed by atoms with Crippen LogP contribution < -0.4 is 10.1 Å². The van der Waals surface area contributed by atoms with Gasteiger partial charge in [-0.2, -0.15) is 0 Å². The molecule has 7 heteroatoms. The average molecular weight is 534 g/mol. The van der Waals surface area contributed by atoms with Gasteiger partial charge in [-0.3, -0.25) is 0 Å². The molecule has 0 aliphatic carbocycles. The fourth-order valence-corrected chi connectivity index (χ4v) is 5.33. The van der Waals surface area contributed by atoms with Crippen molar-refractivity contribution >= 4 is 57.2 Å². The number of ether oxygens (including phenoxy) is 1. The van der Waals surface area contributed by atoms with Crippen molar-refractivity contribution in [3.63, 3.8) is 0 Å². The number of hydrogen-bond acceptors (Lipinski definition) is 5. The van der Waals surface area contributed by atoms with Crippen LogP contribution in [0.4, 0.5) is 5.69 Å². The van der Waals surface area contributed by atoms with Crippen LogP contribution in [0.25, 0.3) is 43.5 Å². The summed E-state index contributed by atoms with van der Waals surface area (Å²) in [6, 6.07) is 31.1. The first-order valence-corrected chi connectivity index (χ1v) is 13.6. The number of rotatable bonds is 2. The summed E-state index contributed by atoms with van der Waals surface area (Å²) < 4.78 is 17.5. The van der Waals surface area contributed by atoms with Crippen molar-refractivity contribution in [3.05, 3.63) is 96.6 Å². The van der Waals surface area contributed by atoms with E-state index in [4.69, 9.17) is 18.2 Å². The highest BCUT2D eigenvalue weighted by Gasteiger charge is 2.13. The van der Waals surface area contributed by atoms with Crippen molar-refractivity contribution in [2.24, 2.45) is 6.66 Å². The van der Waals surface area contributed by atoms with E-state index in [1.807, 2.05) is 38.0 Å². The zero-order valence-electron chi connectivity index (χ0n) is 22.3. The minimum atomic E-state index is -1.05. The van der Waals surface area contributed by atoms with Gasteiger partial charge < -0.3 is 29.0 Å². The number of fused-ring (bicyclic) bond motifs is 7. The van der Waals surface area contributed by atoms with Gasteiger partial charge in [0.25, 0.3) is 0 Å². The predicted molar refractivity (Wildman–Crippen MR) is 163 cm³/mol. The number of aryl methyl sites for hydroxylation is 2. The van der Waals surface area contributed by atoms with E-state index in [1.54, 1.807) is 7.11 Å². The topological polar surface area (TPSA) is 99.3 Å². The molecule has 0 radical (unpaired) electrons. The molecule has 200 valence electrons. The molecule has 0 saturated carbocycles. The largest absolute Gasteiger partial charge is 0.497 e. The van der Waals surface area contributed by atoms with E-state index in [-0.39, 0.29) is 6.90 Å². The van der Waals surface area contributed by atoms with E-state index in [9.17, 15) is 0 Å². The van der Waals surface area contributed by atoms with E-state index in [1.165, 1.54) is 16.3 Å². The second kappa shape index (κ2) is 13.0. The Morgan fingerprint density at radius 2 is 1.42 bits per heavy atom. The van der Waals surface area contributed by atoms with Crippen LogP contribution in [0.1, 0.15) is 6.99 Å². The summed E-state index contributed by atoms with van der Waals surface area (Å²) in [6.07, 6.45) is 0. The van der Waals surface area contributed by atoms with Crippen molar-refractivity contribution in [2.45, 2.75) is 6.92 Å². The Morgan fingerprint density at radius 1 is 0.789 bits per heavy atom. The van der Waals surface area contributed by atoms with Gasteiger partial charge in [0.1, 0.15) is 16.9 Å². The standard InChI is InChI=1S/C22H18NO2P.C8H10O.CH4O.H2O.H2/c1-23-19-13-18-21-15-8-4-3-7-14(15)11-12-20(21)24-26(2)25-22(18)17-10-6-5-9-16(17)19;1-7-3-5-8(9-2)6-4-7;1-2;;/h3-13,23H,1-2H3;3-6H,1-2H3;2H,1H3;1H2;1H. The predicted octanol–water partition coefficient (Wildman–Crippen LogP) is 8.21. The maximum atomic E-state index is 7.00. The van der Waals surface area contributed by atoms with Crippen LogP contribution in [0.15, 0.2) is 99.4 Å². The fourth-order valence-electron chi connectivity index (χ4n) is 4.41. The number of anilines is 1. The second-order valence-corrected chi connectivity index (χ2v) is 9.64. The SMILES string of the molecule is CNc1cc2c(op(C)oc3ccc4ccccc4c32)c2ccccc12.CO.COc1ccc(C)cc1.O.[HH]. The highest BCUT2D eigenvalue weighted by atomic mass is 31.1. The van der Waals surface area contributed by atoms with Gasteiger partial charge in [0, 0.05) is 49.5 Å². The molecule has 1 aromatic heterocycles. The molecule has 1 atom stereocenters. The number of benzene rings is 5. The summed E-state index contributed by atoms with van der Waals surface area (Å²) in [6.45, 7) is 4.06. The number of methoxy groups -OCH3 is 1. The van der Waals surface area contributed by atoms with Gasteiger partial charge in [0.15, 0.2) is 0 Å². The van der Waals surface area contributed by atoms with Crippen LogP contribution in [-0.4, -0.2) is 31.8 Å². The molecule has 6 rings (SSSR count). The Kier molecular flexibility index (Phi) is 9.80. The highest BCUT2D eigenvalue weighted by molar-refractivity contribution is 7.35. The molecule has 0 amide bonds. The van der Waals surface area contributed by atoms with Crippen LogP contribution in [0.2, 0.25) is 0 Å². The van der Waals surface area contributed by atoms with E-state index >= 15 is 0 Å². The van der Waals surface area contributed by atoms with Gasteiger partial charge in [0.05, 0.1) is 7.11 Å². The van der Waals surface area contributed by atoms with Crippen molar-refractivity contribution in [3.8, 4) is 5.75 Å². The summed E-state index contributed by atoms with van der Waals surface area (Å²) in [5, 5.41) is 17.2. The van der Waals surface area contributed by atoms with Gasteiger partial charge in [-0.1, -0.05) is 72.3 Å². The lowest BCUT2D eigenvalue weighted by molar-refractivity contribution is 0.399. The first kappa shape index (κ1) is 28.6. The molecular weight excluding hydrogens is 497 g/mol. The van der Waals surface area contributed by atoms with Gasteiger partial charge in [-0.15, -0.1) is 0 Å². The Morgan fingerprint density at radius 3 is 2.08 bits per heavy atom. The van der Waals surface area contributed by atoms with Crippen LogP contribution in [-0.2, 0) is 6.66 Å². The smallest absolute Gasteiger partial charge is 0.213 e. The molecule has 4 N–H and O–H groups in total. The Bertz CT molecular complexity index is 1700. The fraction of sp³-hybridized carbons (Fsp3) is 0.161. The Balaban J connectivity index is 0.000000351. The molecule has 0 aliphatic heterocycles. The van der Waals surface area contributed by atoms with Crippen molar-refractivity contribution in [1.82, 2.24) is 0 Å². The zero-order valence-corrected chi connectivity index (χ0v) is 23.2. The lowest BCUT2D eigenvalue weighted by atomic mass is 9.99. The summed E-state index contributed by atoms with van der Waals surface area (Å²) >= 11 is 0. The zero-order chi connectivity index (χ0) is 26.4. The molecule has 0 bridgehead atoms. The van der Waals surface area contributed by atoms with Crippen molar-refractivity contribution in [2.75, 3.05) is 26.6 Å². The van der Waals surface area contributed by atoms with Gasteiger partial charge in [-0.05, 0) is 42.0 Å². The maximum Gasteiger partial charge on any atom is 0.213 e. The summed E-state index contributed by atoms with van der Waals surface area (Å²) in [4.78, 5) is 0. The molecular formula is C31H36NO5P. The minimum absolute atomic E-state index is 0. The third-order valence-corrected chi connectivity index (χ3v) is 7.02. The summed E-state index contributed by atoms with van der Waals surface area (Å²) in [7, 11) is 3.57. The monoisotopic (exact) mass is 533 g/mol. The number of hydrogen-bond donors (Lipinski definition) is 2. The molecule has 6 aromatic rings. The van der Waals surface area contributed by atoms with E-state index < -0.39 is 8.01 Å².